The van der Waals surface area contributed by atoms with Crippen molar-refractivity contribution in [3.8, 4) is 5.75 Å². The molecule has 0 saturated carbocycles. The summed E-state index contributed by atoms with van der Waals surface area (Å²) in [5.74, 6) is 1.23. The van der Waals surface area contributed by atoms with Gasteiger partial charge in [-0.1, -0.05) is 6.07 Å². The monoisotopic (exact) mass is 377 g/mol. The Kier molecular flexibility index (Phi) is 6.66. The van der Waals surface area contributed by atoms with Gasteiger partial charge in [0.2, 0.25) is 5.91 Å². The number of nitrogens with one attached hydrogen (secondary N) is 1. The number of hydrogen-bond acceptors (Lipinski definition) is 4. The van der Waals surface area contributed by atoms with Crippen LogP contribution in [0.5, 0.6) is 5.75 Å². The van der Waals surface area contributed by atoms with Gasteiger partial charge in [-0.15, -0.1) is 11.8 Å². The van der Waals surface area contributed by atoms with Gasteiger partial charge in [0.25, 0.3) is 0 Å². The molecule has 6 nitrogen and oxygen atoms in total. The fraction of sp³-hybridized carbons (Fsp3) is 0.579. The molecule has 2 saturated heterocycles. The van der Waals surface area contributed by atoms with Gasteiger partial charge in [-0.2, -0.15) is 0 Å². The molecular formula is C19H27N3O3S. The number of piperidine rings is 1. The summed E-state index contributed by atoms with van der Waals surface area (Å²) >= 11 is 1.51. The highest BCUT2D eigenvalue weighted by atomic mass is 32.2. The van der Waals surface area contributed by atoms with E-state index in [4.69, 9.17) is 4.74 Å². The van der Waals surface area contributed by atoms with E-state index in [-0.39, 0.29) is 18.0 Å². The maximum Gasteiger partial charge on any atom is 0.319 e. The Hall–Kier alpha value is -1.89. The molecule has 1 aromatic carbocycles. The number of ether oxygens (including phenoxy) is 1. The molecule has 3 amide bonds. The van der Waals surface area contributed by atoms with Crippen LogP contribution in [0.2, 0.25) is 0 Å². The minimum Gasteiger partial charge on any atom is -0.497 e. The number of carbonyl (C=O) groups excluding carboxylic acids is 2. The number of amides is 3. The summed E-state index contributed by atoms with van der Waals surface area (Å²) in [6.07, 6.45) is 3.89. The van der Waals surface area contributed by atoms with Crippen LogP contribution in [0.3, 0.4) is 0 Å². The van der Waals surface area contributed by atoms with Crippen LogP contribution in [-0.4, -0.2) is 66.8 Å². The Morgan fingerprint density at radius 1 is 1.15 bits per heavy atom. The van der Waals surface area contributed by atoms with Gasteiger partial charge in [-0.05, 0) is 43.9 Å². The molecule has 0 radical (unpaired) electrons. The third-order valence-electron chi connectivity index (χ3n) is 4.92. The number of likely N-dealkylation sites (tertiary alicyclic amines) is 2. The second kappa shape index (κ2) is 9.16. The van der Waals surface area contributed by atoms with Gasteiger partial charge in [0.05, 0.1) is 12.9 Å². The van der Waals surface area contributed by atoms with Crippen LogP contribution < -0.4 is 10.1 Å². The second-order valence-corrected chi connectivity index (χ2v) is 7.82. The first-order valence-corrected chi connectivity index (χ1v) is 10.2. The van der Waals surface area contributed by atoms with Gasteiger partial charge in [0.15, 0.2) is 0 Å². The maximum absolute atomic E-state index is 12.4. The number of carbonyl (C=O) groups is 2. The van der Waals surface area contributed by atoms with E-state index in [1.165, 1.54) is 11.8 Å². The minimum absolute atomic E-state index is 0.0436. The van der Waals surface area contributed by atoms with E-state index in [1.807, 2.05) is 34.1 Å². The quantitative estimate of drug-likeness (QED) is 0.801. The summed E-state index contributed by atoms with van der Waals surface area (Å²) < 4.78 is 5.20. The normalized spacial score (nSPS) is 18.0. The second-order valence-electron chi connectivity index (χ2n) is 6.77. The molecule has 142 valence electrons. The minimum atomic E-state index is 0.0436. The van der Waals surface area contributed by atoms with Crippen molar-refractivity contribution in [2.24, 2.45) is 0 Å². The molecule has 2 fully saturated rings. The fourth-order valence-corrected chi connectivity index (χ4v) is 4.19. The smallest absolute Gasteiger partial charge is 0.319 e. The van der Waals surface area contributed by atoms with Crippen molar-refractivity contribution in [2.75, 3.05) is 39.0 Å². The van der Waals surface area contributed by atoms with Gasteiger partial charge >= 0.3 is 6.03 Å². The van der Waals surface area contributed by atoms with E-state index in [0.29, 0.717) is 5.75 Å². The molecule has 0 unspecified atom stereocenters. The van der Waals surface area contributed by atoms with Crippen molar-refractivity contribution in [3.63, 3.8) is 0 Å². The topological polar surface area (TPSA) is 61.9 Å². The third kappa shape index (κ3) is 5.06. The predicted molar refractivity (Wildman–Crippen MR) is 103 cm³/mol. The summed E-state index contributed by atoms with van der Waals surface area (Å²) in [4.78, 5) is 29.5. The molecule has 2 aliphatic rings. The Balaban J connectivity index is 1.38. The van der Waals surface area contributed by atoms with E-state index < -0.39 is 0 Å². The number of benzene rings is 1. The Morgan fingerprint density at radius 3 is 2.54 bits per heavy atom. The summed E-state index contributed by atoms with van der Waals surface area (Å²) in [6, 6.07) is 8.05. The van der Waals surface area contributed by atoms with Crippen LogP contribution in [-0.2, 0) is 4.79 Å². The number of methoxy groups -OCH3 is 1. The van der Waals surface area contributed by atoms with Crippen molar-refractivity contribution in [3.05, 3.63) is 24.3 Å². The molecule has 1 N–H and O–H groups in total. The molecule has 0 aliphatic carbocycles. The van der Waals surface area contributed by atoms with Crippen LogP contribution in [0.15, 0.2) is 29.2 Å². The summed E-state index contributed by atoms with van der Waals surface area (Å²) in [6.45, 7) is 3.22. The van der Waals surface area contributed by atoms with Gasteiger partial charge < -0.3 is 19.9 Å². The zero-order valence-corrected chi connectivity index (χ0v) is 16.1. The van der Waals surface area contributed by atoms with Crippen molar-refractivity contribution in [2.45, 2.75) is 36.6 Å². The molecule has 0 aromatic heterocycles. The molecule has 2 aliphatic heterocycles. The number of thioether (sulfide) groups is 1. The van der Waals surface area contributed by atoms with Crippen molar-refractivity contribution >= 4 is 23.7 Å². The van der Waals surface area contributed by atoms with Gasteiger partial charge in [-0.25, -0.2) is 4.79 Å². The van der Waals surface area contributed by atoms with Gasteiger partial charge in [0.1, 0.15) is 5.75 Å². The zero-order valence-electron chi connectivity index (χ0n) is 15.3. The van der Waals surface area contributed by atoms with Crippen LogP contribution in [0, 0.1) is 0 Å². The molecule has 0 bridgehead atoms. The van der Waals surface area contributed by atoms with Crippen molar-refractivity contribution in [1.29, 1.82) is 0 Å². The van der Waals surface area contributed by atoms with Gasteiger partial charge in [-0.3, -0.25) is 4.79 Å². The van der Waals surface area contributed by atoms with E-state index in [2.05, 4.69) is 5.32 Å². The van der Waals surface area contributed by atoms with E-state index >= 15 is 0 Å². The molecular weight excluding hydrogens is 350 g/mol. The lowest BCUT2D eigenvalue weighted by molar-refractivity contribution is -0.119. The third-order valence-corrected chi connectivity index (χ3v) is 5.91. The molecule has 0 atom stereocenters. The Bertz CT molecular complexity index is 626. The van der Waals surface area contributed by atoms with Crippen LogP contribution in [0.1, 0.15) is 25.7 Å². The first kappa shape index (κ1) is 18.9. The number of hydrogen-bond donors (Lipinski definition) is 1. The highest BCUT2D eigenvalue weighted by Crippen LogP contribution is 2.23. The lowest BCUT2D eigenvalue weighted by atomic mass is 10.1. The van der Waals surface area contributed by atoms with E-state index in [9.17, 15) is 9.59 Å². The zero-order chi connectivity index (χ0) is 18.4. The van der Waals surface area contributed by atoms with Crippen LogP contribution in [0.25, 0.3) is 0 Å². The molecule has 1 aromatic rings. The molecule has 3 rings (SSSR count). The van der Waals surface area contributed by atoms with E-state index in [0.717, 1.165) is 62.5 Å². The largest absolute Gasteiger partial charge is 0.497 e. The van der Waals surface area contributed by atoms with Crippen molar-refractivity contribution < 1.29 is 14.3 Å². The van der Waals surface area contributed by atoms with Crippen molar-refractivity contribution in [1.82, 2.24) is 15.1 Å². The molecule has 0 spiro atoms. The number of nitrogens with zero attached hydrogens (tertiary/aromatic N) is 2. The highest BCUT2D eigenvalue weighted by Gasteiger charge is 2.28. The first-order chi connectivity index (χ1) is 12.7. The average molecular weight is 378 g/mol. The molecule has 2 heterocycles. The summed E-state index contributed by atoms with van der Waals surface area (Å²) in [5.41, 5.74) is 0. The first-order valence-electron chi connectivity index (χ1n) is 9.26. The average Bonchev–Trinajstić information content (AvgIpc) is 3.21. The van der Waals surface area contributed by atoms with E-state index in [1.54, 1.807) is 7.11 Å². The number of urea groups is 1. The van der Waals surface area contributed by atoms with Crippen LogP contribution >= 0.6 is 11.8 Å². The highest BCUT2D eigenvalue weighted by molar-refractivity contribution is 8.00. The van der Waals surface area contributed by atoms with Crippen LogP contribution in [0.4, 0.5) is 4.79 Å². The predicted octanol–water partition coefficient (Wildman–Crippen LogP) is 2.58. The fourth-order valence-electron chi connectivity index (χ4n) is 3.43. The lowest BCUT2D eigenvalue weighted by Crippen LogP contribution is -2.50. The molecule has 7 heteroatoms. The molecule has 26 heavy (non-hydrogen) atoms. The summed E-state index contributed by atoms with van der Waals surface area (Å²) in [5, 5.41) is 3.10. The standard InChI is InChI=1S/C19H27N3O3S/c1-25-16-5-4-6-17(13-16)26-14-18(23)20-15-7-11-22(12-8-15)19(24)21-9-2-3-10-21/h4-6,13,15H,2-3,7-12,14H2,1H3,(H,20,23). The SMILES string of the molecule is COc1cccc(SCC(=O)NC2CCN(C(=O)N3CCCC3)CC2)c1. The Labute approximate surface area is 159 Å². The Morgan fingerprint density at radius 2 is 1.85 bits per heavy atom. The van der Waals surface area contributed by atoms with Gasteiger partial charge in [0, 0.05) is 37.1 Å². The lowest BCUT2D eigenvalue weighted by Gasteiger charge is -2.34. The number of rotatable bonds is 5. The summed E-state index contributed by atoms with van der Waals surface area (Å²) in [7, 11) is 1.64. The maximum atomic E-state index is 12.4.